The zero-order valence-electron chi connectivity index (χ0n) is 17.6. The summed E-state index contributed by atoms with van der Waals surface area (Å²) in [5.41, 5.74) is 18.0. The summed E-state index contributed by atoms with van der Waals surface area (Å²) in [4.78, 5) is 21.2. The number of nitrogen functional groups attached to an aromatic ring is 1. The van der Waals surface area contributed by atoms with Gasteiger partial charge in [-0.15, -0.1) is 0 Å². The molecule has 0 saturated heterocycles. The fourth-order valence-electron chi connectivity index (χ4n) is 4.94. The summed E-state index contributed by atoms with van der Waals surface area (Å²) < 4.78 is 2.23. The minimum atomic E-state index is -0.365. The van der Waals surface area contributed by atoms with Crippen molar-refractivity contribution in [2.45, 2.75) is 51.5 Å². The second kappa shape index (κ2) is 8.02. The zero-order valence-corrected chi connectivity index (χ0v) is 17.6. The van der Waals surface area contributed by atoms with Crippen LogP contribution >= 0.6 is 0 Å². The van der Waals surface area contributed by atoms with Crippen LogP contribution in [0.15, 0.2) is 42.7 Å². The van der Waals surface area contributed by atoms with Crippen LogP contribution in [0.5, 0.6) is 0 Å². The molecule has 0 radical (unpaired) electrons. The lowest BCUT2D eigenvalue weighted by atomic mass is 9.94. The predicted octanol–water partition coefficient (Wildman–Crippen LogP) is 4.17. The highest BCUT2D eigenvalue weighted by atomic mass is 16.1. The maximum Gasteiger partial charge on any atom is 0.248 e. The minimum Gasteiger partial charge on any atom is -0.382 e. The van der Waals surface area contributed by atoms with E-state index in [0.29, 0.717) is 11.4 Å². The second-order valence-electron chi connectivity index (χ2n) is 8.40. The number of aromatic nitrogens is 3. The van der Waals surface area contributed by atoms with Crippen LogP contribution in [-0.4, -0.2) is 20.4 Å². The number of aryl methyl sites for hydroxylation is 4. The van der Waals surface area contributed by atoms with Crippen LogP contribution in [0.3, 0.4) is 0 Å². The van der Waals surface area contributed by atoms with Gasteiger partial charge in [-0.05, 0) is 72.9 Å². The van der Waals surface area contributed by atoms with Crippen molar-refractivity contribution in [3.8, 4) is 0 Å². The number of hydrogen-bond acceptors (Lipinski definition) is 4. The Hall–Kier alpha value is -3.41. The number of anilines is 1. The Kier molecular flexibility index (Phi) is 5.06. The van der Waals surface area contributed by atoms with Gasteiger partial charge in [0.2, 0.25) is 5.91 Å². The first kappa shape index (κ1) is 19.5. The Balaban J connectivity index is 1.37. The molecule has 6 heteroatoms. The third-order valence-corrected chi connectivity index (χ3v) is 6.44. The first-order valence-electron chi connectivity index (χ1n) is 11.1. The van der Waals surface area contributed by atoms with Crippen molar-refractivity contribution in [2.24, 2.45) is 5.73 Å². The number of imidazole rings is 1. The lowest BCUT2D eigenvalue weighted by Crippen LogP contribution is -2.14. The van der Waals surface area contributed by atoms with E-state index in [1.54, 1.807) is 0 Å². The fraction of sp³-hybridized carbons (Fsp3) is 0.320. The second-order valence-corrected chi connectivity index (χ2v) is 8.40. The molecule has 5 rings (SSSR count). The summed E-state index contributed by atoms with van der Waals surface area (Å²) in [7, 11) is 0. The van der Waals surface area contributed by atoms with E-state index < -0.39 is 0 Å². The normalized spacial score (nSPS) is 13.5. The van der Waals surface area contributed by atoms with Gasteiger partial charge in [-0.25, -0.2) is 9.97 Å². The molecule has 0 bridgehead atoms. The number of carbonyl (C=O) groups is 1. The molecule has 2 aromatic heterocycles. The number of pyridine rings is 1. The van der Waals surface area contributed by atoms with Gasteiger partial charge in [0.25, 0.3) is 0 Å². The van der Waals surface area contributed by atoms with Crippen LogP contribution in [0.25, 0.3) is 21.8 Å². The molecule has 2 heterocycles. The number of nitrogens with zero attached hydrogens (tertiary/aromatic N) is 3. The molecule has 0 atom stereocenters. The van der Waals surface area contributed by atoms with Gasteiger partial charge in [0.05, 0.1) is 11.8 Å². The highest BCUT2D eigenvalue weighted by Crippen LogP contribution is 2.30. The number of amides is 1. The van der Waals surface area contributed by atoms with Crippen LogP contribution in [0.4, 0.5) is 5.82 Å². The smallest absolute Gasteiger partial charge is 0.248 e. The topological polar surface area (TPSA) is 99.8 Å². The number of nitrogens with two attached hydrogens (primary N) is 2. The molecule has 6 nitrogen and oxygen atoms in total. The largest absolute Gasteiger partial charge is 0.382 e. The van der Waals surface area contributed by atoms with E-state index >= 15 is 0 Å². The Morgan fingerprint density at radius 3 is 2.77 bits per heavy atom. The molecule has 1 aliphatic rings. The highest BCUT2D eigenvalue weighted by molar-refractivity contribution is 6.00. The maximum absolute atomic E-state index is 12.0. The molecule has 0 fully saturated rings. The average molecular weight is 414 g/mol. The maximum atomic E-state index is 12.0. The van der Waals surface area contributed by atoms with Gasteiger partial charge >= 0.3 is 0 Å². The van der Waals surface area contributed by atoms with E-state index in [2.05, 4.69) is 26.7 Å². The van der Waals surface area contributed by atoms with Gasteiger partial charge in [-0.2, -0.15) is 0 Å². The van der Waals surface area contributed by atoms with Gasteiger partial charge < -0.3 is 16.0 Å². The van der Waals surface area contributed by atoms with E-state index in [0.717, 1.165) is 71.7 Å². The fourth-order valence-corrected chi connectivity index (χ4v) is 4.94. The summed E-state index contributed by atoms with van der Waals surface area (Å²) >= 11 is 0. The molecule has 0 unspecified atom stereocenters. The number of fused-ring (bicyclic) bond motifs is 4. The molecule has 0 spiro atoms. The van der Waals surface area contributed by atoms with Gasteiger partial charge in [0.1, 0.15) is 5.52 Å². The van der Waals surface area contributed by atoms with Crippen molar-refractivity contribution in [1.29, 1.82) is 0 Å². The molecule has 4 aromatic rings. The first-order chi connectivity index (χ1) is 15.1. The van der Waals surface area contributed by atoms with E-state index in [-0.39, 0.29) is 5.91 Å². The van der Waals surface area contributed by atoms with Crippen LogP contribution in [0.2, 0.25) is 0 Å². The van der Waals surface area contributed by atoms with E-state index in [4.69, 9.17) is 11.5 Å². The molecule has 0 saturated carbocycles. The monoisotopic (exact) mass is 413 g/mol. The van der Waals surface area contributed by atoms with E-state index in [9.17, 15) is 4.79 Å². The molecule has 2 aromatic carbocycles. The van der Waals surface area contributed by atoms with Gasteiger partial charge in [-0.3, -0.25) is 4.79 Å². The van der Waals surface area contributed by atoms with Crippen molar-refractivity contribution in [2.75, 3.05) is 5.73 Å². The minimum absolute atomic E-state index is 0.365. The number of primary amides is 1. The lowest BCUT2D eigenvalue weighted by molar-refractivity contribution is 0.0999. The summed E-state index contributed by atoms with van der Waals surface area (Å²) in [5, 5.41) is 2.25. The number of carbonyl (C=O) groups excluding carboxylic acids is 1. The Labute approximate surface area is 181 Å². The van der Waals surface area contributed by atoms with Gasteiger partial charge in [-0.1, -0.05) is 30.3 Å². The highest BCUT2D eigenvalue weighted by Gasteiger charge is 2.20. The molecular formula is C25H27N5O. The third kappa shape index (κ3) is 3.52. The van der Waals surface area contributed by atoms with Crippen LogP contribution in [0.1, 0.15) is 52.9 Å². The summed E-state index contributed by atoms with van der Waals surface area (Å²) in [5.74, 6) is 0.173. The molecule has 31 heavy (non-hydrogen) atoms. The lowest BCUT2D eigenvalue weighted by Gasteiger charge is -2.18. The van der Waals surface area contributed by atoms with Crippen LogP contribution in [0, 0.1) is 0 Å². The molecule has 0 aliphatic heterocycles. The van der Waals surface area contributed by atoms with Crippen LogP contribution in [-0.2, 0) is 25.8 Å². The molecule has 158 valence electrons. The zero-order chi connectivity index (χ0) is 21.4. The van der Waals surface area contributed by atoms with Gasteiger partial charge in [0, 0.05) is 17.8 Å². The molecule has 4 N–H and O–H groups in total. The quantitative estimate of drug-likeness (QED) is 0.463. The van der Waals surface area contributed by atoms with Crippen molar-refractivity contribution in [1.82, 2.24) is 14.5 Å². The Morgan fingerprint density at radius 2 is 1.90 bits per heavy atom. The van der Waals surface area contributed by atoms with Crippen molar-refractivity contribution >= 4 is 33.5 Å². The number of benzene rings is 2. The van der Waals surface area contributed by atoms with E-state index in [1.165, 1.54) is 18.4 Å². The molecule has 1 aliphatic carbocycles. The van der Waals surface area contributed by atoms with E-state index in [1.807, 2.05) is 30.6 Å². The molecule has 1 amide bonds. The first-order valence-corrected chi connectivity index (χ1v) is 11.1. The summed E-state index contributed by atoms with van der Waals surface area (Å²) in [6.45, 7) is 0.864. The SMILES string of the molecule is NC(=O)c1ccc2ccccc2c1CCCCn1cnc2c(N)nc3c(c21)CCCC3. The van der Waals surface area contributed by atoms with Crippen molar-refractivity contribution < 1.29 is 4.79 Å². The standard InChI is InChI=1S/C25H27N5O/c26-24-22-23(20-10-3-4-11-21(20)29-24)30(15-28-22)14-6-5-9-18-17-8-2-1-7-16(17)12-13-19(18)25(27)31/h1-2,7-8,12-13,15H,3-6,9-11,14H2,(H2,26,29)(H2,27,31). The Bertz CT molecular complexity index is 1290. The predicted molar refractivity (Wildman–Crippen MR) is 124 cm³/mol. The average Bonchev–Trinajstić information content (AvgIpc) is 3.21. The van der Waals surface area contributed by atoms with Crippen LogP contribution < -0.4 is 11.5 Å². The summed E-state index contributed by atoms with van der Waals surface area (Å²) in [6, 6.07) is 12.0. The van der Waals surface area contributed by atoms with Crippen molar-refractivity contribution in [3.05, 3.63) is 65.1 Å². The Morgan fingerprint density at radius 1 is 1.06 bits per heavy atom. The summed E-state index contributed by atoms with van der Waals surface area (Å²) in [6.07, 6.45) is 9.04. The molecular weight excluding hydrogens is 386 g/mol. The number of rotatable bonds is 6. The van der Waals surface area contributed by atoms with Gasteiger partial charge in [0.15, 0.2) is 5.82 Å². The number of unbranched alkanes of at least 4 members (excludes halogenated alkanes) is 1. The van der Waals surface area contributed by atoms with Crippen molar-refractivity contribution in [3.63, 3.8) is 0 Å². The third-order valence-electron chi connectivity index (χ3n) is 6.44. The number of hydrogen-bond donors (Lipinski definition) is 2.